The standard InChI is InChI=1S/C21H16N2OS/c24-19-17-13-7-8-14-18(17)25-20(19)21(22-15-9-3-1-4-10-15)23-16-11-5-2-6-12-16/h1-14,24H,(H,22,23). The number of nitrogens with one attached hydrogen (secondary N) is 1. The highest BCUT2D eigenvalue weighted by Crippen LogP contribution is 2.37. The SMILES string of the molecule is Oc1c(/C(=N\c2ccccc2)Nc2ccccc2)sc2ccccc12. The molecule has 122 valence electrons. The predicted molar refractivity (Wildman–Crippen MR) is 106 cm³/mol. The number of nitrogens with zero attached hydrogens (tertiary/aromatic N) is 1. The van der Waals surface area contributed by atoms with Gasteiger partial charge in [-0.2, -0.15) is 0 Å². The second kappa shape index (κ2) is 6.79. The fraction of sp³-hybridized carbons (Fsp3) is 0. The first-order chi connectivity index (χ1) is 12.3. The molecule has 0 bridgehead atoms. The van der Waals surface area contributed by atoms with E-state index in [9.17, 15) is 5.11 Å². The van der Waals surface area contributed by atoms with Gasteiger partial charge in [0.15, 0.2) is 5.84 Å². The van der Waals surface area contributed by atoms with Gasteiger partial charge in [-0.3, -0.25) is 0 Å². The summed E-state index contributed by atoms with van der Waals surface area (Å²) in [6, 6.07) is 27.4. The first kappa shape index (κ1) is 15.4. The van der Waals surface area contributed by atoms with Gasteiger partial charge >= 0.3 is 0 Å². The van der Waals surface area contributed by atoms with Crippen LogP contribution in [0.3, 0.4) is 0 Å². The van der Waals surface area contributed by atoms with Crippen LogP contribution in [0.25, 0.3) is 10.1 Å². The number of hydrogen-bond donors (Lipinski definition) is 2. The van der Waals surface area contributed by atoms with E-state index in [0.29, 0.717) is 5.84 Å². The molecule has 3 aromatic carbocycles. The fourth-order valence-corrected chi connectivity index (χ4v) is 3.66. The molecule has 3 nitrogen and oxygen atoms in total. The van der Waals surface area contributed by atoms with Crippen LogP contribution in [0.2, 0.25) is 0 Å². The average Bonchev–Trinajstić information content (AvgIpc) is 3.00. The Bertz CT molecular complexity index is 1020. The van der Waals surface area contributed by atoms with Crippen molar-refractivity contribution in [1.29, 1.82) is 0 Å². The summed E-state index contributed by atoms with van der Waals surface area (Å²) in [5, 5.41) is 14.9. The molecular formula is C21H16N2OS. The highest BCUT2D eigenvalue weighted by atomic mass is 32.1. The molecule has 1 aromatic heterocycles. The molecule has 0 unspecified atom stereocenters. The minimum Gasteiger partial charge on any atom is -0.506 e. The van der Waals surface area contributed by atoms with E-state index >= 15 is 0 Å². The van der Waals surface area contributed by atoms with E-state index in [4.69, 9.17) is 4.99 Å². The number of rotatable bonds is 3. The summed E-state index contributed by atoms with van der Waals surface area (Å²) >= 11 is 1.53. The number of benzene rings is 3. The summed E-state index contributed by atoms with van der Waals surface area (Å²) in [6.07, 6.45) is 0. The molecule has 0 aliphatic rings. The van der Waals surface area contributed by atoms with Crippen molar-refractivity contribution in [3.63, 3.8) is 0 Å². The van der Waals surface area contributed by atoms with Gasteiger partial charge in [-0.25, -0.2) is 4.99 Å². The Labute approximate surface area is 149 Å². The maximum Gasteiger partial charge on any atom is 0.152 e. The molecule has 0 fully saturated rings. The van der Waals surface area contributed by atoms with Crippen molar-refractivity contribution in [3.05, 3.63) is 89.8 Å². The van der Waals surface area contributed by atoms with Crippen LogP contribution in [0, 0.1) is 0 Å². The molecule has 0 aliphatic heterocycles. The predicted octanol–water partition coefficient (Wildman–Crippen LogP) is 5.80. The van der Waals surface area contributed by atoms with Gasteiger partial charge in [-0.1, -0.05) is 48.5 Å². The average molecular weight is 344 g/mol. The number of hydrogen-bond acceptors (Lipinski definition) is 3. The Morgan fingerprint density at radius 1 is 0.800 bits per heavy atom. The second-order valence-electron chi connectivity index (χ2n) is 5.56. The van der Waals surface area contributed by atoms with Gasteiger partial charge in [0, 0.05) is 15.8 Å². The fourth-order valence-electron chi connectivity index (χ4n) is 2.62. The van der Waals surface area contributed by atoms with Gasteiger partial charge in [-0.15, -0.1) is 11.3 Å². The van der Waals surface area contributed by atoms with E-state index in [1.807, 2.05) is 84.9 Å². The summed E-state index contributed by atoms with van der Waals surface area (Å²) in [6.45, 7) is 0. The van der Waals surface area contributed by atoms with Crippen LogP contribution in [0.5, 0.6) is 5.75 Å². The number of thiophene rings is 1. The molecule has 0 spiro atoms. The first-order valence-corrected chi connectivity index (χ1v) is 8.79. The third-order valence-corrected chi connectivity index (χ3v) is 4.98. The molecular weight excluding hydrogens is 328 g/mol. The molecule has 25 heavy (non-hydrogen) atoms. The Kier molecular flexibility index (Phi) is 4.19. The summed E-state index contributed by atoms with van der Waals surface area (Å²) < 4.78 is 1.03. The number of aromatic hydroxyl groups is 1. The van der Waals surface area contributed by atoms with Crippen molar-refractivity contribution in [2.75, 3.05) is 5.32 Å². The van der Waals surface area contributed by atoms with Crippen LogP contribution >= 0.6 is 11.3 Å². The van der Waals surface area contributed by atoms with Crippen molar-refractivity contribution in [2.45, 2.75) is 0 Å². The van der Waals surface area contributed by atoms with Crippen LogP contribution < -0.4 is 5.32 Å². The third kappa shape index (κ3) is 3.25. The van der Waals surface area contributed by atoms with E-state index in [-0.39, 0.29) is 5.75 Å². The Morgan fingerprint density at radius 3 is 2.16 bits per heavy atom. The number of aliphatic imine (C=N–C) groups is 1. The molecule has 0 atom stereocenters. The number of amidine groups is 1. The van der Waals surface area contributed by atoms with E-state index in [1.165, 1.54) is 11.3 Å². The second-order valence-corrected chi connectivity index (χ2v) is 6.62. The van der Waals surface area contributed by atoms with E-state index < -0.39 is 0 Å². The zero-order valence-corrected chi connectivity index (χ0v) is 14.2. The summed E-state index contributed by atoms with van der Waals surface area (Å²) in [5.74, 6) is 0.898. The molecule has 0 saturated carbocycles. The Morgan fingerprint density at radius 2 is 1.44 bits per heavy atom. The highest BCUT2D eigenvalue weighted by Gasteiger charge is 2.16. The molecule has 2 N–H and O–H groups in total. The van der Waals surface area contributed by atoms with E-state index in [1.54, 1.807) is 0 Å². The lowest BCUT2D eigenvalue weighted by molar-refractivity contribution is 0.483. The van der Waals surface area contributed by atoms with Crippen LogP contribution in [0.15, 0.2) is 89.9 Å². The molecule has 0 aliphatic carbocycles. The summed E-state index contributed by atoms with van der Waals surface area (Å²) in [7, 11) is 0. The van der Waals surface area contributed by atoms with Crippen LogP contribution in [-0.2, 0) is 0 Å². The van der Waals surface area contributed by atoms with Gasteiger partial charge in [0.05, 0.1) is 5.69 Å². The molecule has 0 radical (unpaired) electrons. The molecule has 1 heterocycles. The smallest absolute Gasteiger partial charge is 0.152 e. The van der Waals surface area contributed by atoms with Gasteiger partial charge < -0.3 is 10.4 Å². The number of fused-ring (bicyclic) bond motifs is 1. The summed E-state index contributed by atoms with van der Waals surface area (Å²) in [4.78, 5) is 5.47. The van der Waals surface area contributed by atoms with Crippen LogP contribution in [0.4, 0.5) is 11.4 Å². The zero-order valence-electron chi connectivity index (χ0n) is 13.4. The third-order valence-electron chi connectivity index (χ3n) is 3.82. The highest BCUT2D eigenvalue weighted by molar-refractivity contribution is 7.21. The topological polar surface area (TPSA) is 44.6 Å². The Hall–Kier alpha value is -3.11. The van der Waals surface area contributed by atoms with Crippen molar-refractivity contribution in [3.8, 4) is 5.75 Å². The van der Waals surface area contributed by atoms with Crippen LogP contribution in [0.1, 0.15) is 4.88 Å². The van der Waals surface area contributed by atoms with Gasteiger partial charge in [0.25, 0.3) is 0 Å². The molecule has 4 heteroatoms. The normalized spacial score (nSPS) is 11.6. The molecule has 0 saturated heterocycles. The van der Waals surface area contributed by atoms with Crippen molar-refractivity contribution in [1.82, 2.24) is 0 Å². The lowest BCUT2D eigenvalue weighted by atomic mass is 10.2. The first-order valence-electron chi connectivity index (χ1n) is 7.98. The summed E-state index contributed by atoms with van der Waals surface area (Å²) in [5.41, 5.74) is 1.76. The number of para-hydroxylation sites is 2. The Balaban J connectivity index is 1.84. The minimum absolute atomic E-state index is 0.263. The van der Waals surface area contributed by atoms with Crippen molar-refractivity contribution in [2.24, 2.45) is 4.99 Å². The molecule has 4 aromatic rings. The monoisotopic (exact) mass is 344 g/mol. The molecule has 0 amide bonds. The van der Waals surface area contributed by atoms with Crippen molar-refractivity contribution >= 4 is 38.6 Å². The lowest BCUT2D eigenvalue weighted by Gasteiger charge is -2.09. The maximum absolute atomic E-state index is 10.7. The maximum atomic E-state index is 10.7. The lowest BCUT2D eigenvalue weighted by Crippen LogP contribution is -2.12. The molecule has 4 rings (SSSR count). The van der Waals surface area contributed by atoms with E-state index in [0.717, 1.165) is 26.3 Å². The number of anilines is 1. The van der Waals surface area contributed by atoms with E-state index in [2.05, 4.69) is 5.32 Å². The van der Waals surface area contributed by atoms with Crippen molar-refractivity contribution < 1.29 is 5.11 Å². The van der Waals surface area contributed by atoms with Gasteiger partial charge in [0.2, 0.25) is 0 Å². The van der Waals surface area contributed by atoms with Gasteiger partial charge in [-0.05, 0) is 36.4 Å². The largest absolute Gasteiger partial charge is 0.506 e. The quantitative estimate of drug-likeness (QED) is 0.364. The zero-order chi connectivity index (χ0) is 17.1. The van der Waals surface area contributed by atoms with Crippen LogP contribution in [-0.4, -0.2) is 10.9 Å². The van der Waals surface area contributed by atoms with Gasteiger partial charge in [0.1, 0.15) is 10.6 Å². The minimum atomic E-state index is 0.263.